The van der Waals surface area contributed by atoms with E-state index in [9.17, 15) is 14.7 Å². The number of phenolic OH excluding ortho intramolecular Hbond substituents is 1. The number of carboxylic acid groups (broad SMARTS) is 1. The summed E-state index contributed by atoms with van der Waals surface area (Å²) in [6, 6.07) is 10.3. The van der Waals surface area contributed by atoms with Crippen molar-refractivity contribution in [3.8, 4) is 5.75 Å². The highest BCUT2D eigenvalue weighted by Crippen LogP contribution is 2.18. The van der Waals surface area contributed by atoms with Crippen molar-refractivity contribution < 1.29 is 19.8 Å². The fourth-order valence-electron chi connectivity index (χ4n) is 1.70. The maximum Gasteiger partial charge on any atom is 0.335 e. The van der Waals surface area contributed by atoms with E-state index in [1.807, 2.05) is 0 Å². The molecule has 102 valence electrons. The third-order valence-electron chi connectivity index (χ3n) is 2.86. The Bertz CT molecular complexity index is 662. The van der Waals surface area contributed by atoms with Crippen molar-refractivity contribution in [2.45, 2.75) is 6.92 Å². The first-order valence-electron chi connectivity index (χ1n) is 5.91. The van der Waals surface area contributed by atoms with E-state index >= 15 is 0 Å². The number of hydrogen-bond acceptors (Lipinski definition) is 3. The van der Waals surface area contributed by atoms with Crippen molar-refractivity contribution in [3.05, 3.63) is 59.2 Å². The molecule has 0 unspecified atom stereocenters. The topological polar surface area (TPSA) is 86.6 Å². The Balaban J connectivity index is 2.25. The van der Waals surface area contributed by atoms with Gasteiger partial charge in [-0.3, -0.25) is 4.79 Å². The van der Waals surface area contributed by atoms with Crippen molar-refractivity contribution in [1.82, 2.24) is 0 Å². The van der Waals surface area contributed by atoms with Gasteiger partial charge >= 0.3 is 5.97 Å². The van der Waals surface area contributed by atoms with E-state index in [1.165, 1.54) is 36.4 Å². The fourth-order valence-corrected chi connectivity index (χ4v) is 1.70. The van der Waals surface area contributed by atoms with Gasteiger partial charge in [0.15, 0.2) is 0 Å². The standard InChI is InChI=1S/C15H13NO4/c1-9-2-3-11(15(19)20)8-13(9)16-14(18)10-4-6-12(17)7-5-10/h2-8,17H,1H3,(H,16,18)(H,19,20). The van der Waals surface area contributed by atoms with Crippen LogP contribution in [0.4, 0.5) is 5.69 Å². The first kappa shape index (κ1) is 13.6. The van der Waals surface area contributed by atoms with Gasteiger partial charge in [0.2, 0.25) is 0 Å². The predicted molar refractivity (Wildman–Crippen MR) is 74.2 cm³/mol. The first-order valence-corrected chi connectivity index (χ1v) is 5.91. The largest absolute Gasteiger partial charge is 0.508 e. The van der Waals surface area contributed by atoms with E-state index in [0.717, 1.165) is 5.56 Å². The number of carboxylic acids is 1. The number of carbonyl (C=O) groups excluding carboxylic acids is 1. The molecule has 1 amide bonds. The van der Waals surface area contributed by atoms with E-state index in [-0.39, 0.29) is 17.2 Å². The Labute approximate surface area is 115 Å². The Morgan fingerprint density at radius 3 is 2.20 bits per heavy atom. The van der Waals surface area contributed by atoms with Crippen LogP contribution in [0.25, 0.3) is 0 Å². The van der Waals surface area contributed by atoms with Gasteiger partial charge in [-0.05, 0) is 48.9 Å². The summed E-state index contributed by atoms with van der Waals surface area (Å²) in [5.41, 5.74) is 1.70. The second-order valence-electron chi connectivity index (χ2n) is 4.34. The highest BCUT2D eigenvalue weighted by molar-refractivity contribution is 6.05. The van der Waals surface area contributed by atoms with Gasteiger partial charge in [-0.15, -0.1) is 0 Å². The molecule has 0 aromatic heterocycles. The van der Waals surface area contributed by atoms with Crippen LogP contribution in [-0.4, -0.2) is 22.1 Å². The zero-order chi connectivity index (χ0) is 14.7. The van der Waals surface area contributed by atoms with E-state index in [1.54, 1.807) is 13.0 Å². The number of nitrogens with one attached hydrogen (secondary N) is 1. The van der Waals surface area contributed by atoms with Gasteiger partial charge in [0.05, 0.1) is 5.56 Å². The summed E-state index contributed by atoms with van der Waals surface area (Å²) in [5, 5.41) is 20.8. The van der Waals surface area contributed by atoms with Gasteiger partial charge in [0.25, 0.3) is 5.91 Å². The normalized spacial score (nSPS) is 10.1. The number of hydrogen-bond donors (Lipinski definition) is 3. The highest BCUT2D eigenvalue weighted by atomic mass is 16.4. The number of amides is 1. The van der Waals surface area contributed by atoms with Crippen LogP contribution in [0.1, 0.15) is 26.3 Å². The summed E-state index contributed by atoms with van der Waals surface area (Å²) in [4.78, 5) is 22.9. The summed E-state index contributed by atoms with van der Waals surface area (Å²) in [6.07, 6.45) is 0. The zero-order valence-corrected chi connectivity index (χ0v) is 10.8. The molecular formula is C15H13NO4. The summed E-state index contributed by atoms with van der Waals surface area (Å²) in [5.74, 6) is -1.34. The molecule has 0 saturated heterocycles. The van der Waals surface area contributed by atoms with E-state index in [2.05, 4.69) is 5.32 Å². The summed E-state index contributed by atoms with van der Waals surface area (Å²) in [6.45, 7) is 1.78. The average Bonchev–Trinajstić information content (AvgIpc) is 2.41. The van der Waals surface area contributed by atoms with Crippen molar-refractivity contribution >= 4 is 17.6 Å². The van der Waals surface area contributed by atoms with Gasteiger partial charge < -0.3 is 15.5 Å². The van der Waals surface area contributed by atoms with Crippen LogP contribution in [0.3, 0.4) is 0 Å². The monoisotopic (exact) mass is 271 g/mol. The lowest BCUT2D eigenvalue weighted by molar-refractivity contribution is 0.0696. The van der Waals surface area contributed by atoms with Crippen LogP contribution in [0.2, 0.25) is 0 Å². The molecule has 0 atom stereocenters. The van der Waals surface area contributed by atoms with Gasteiger partial charge in [-0.1, -0.05) is 6.07 Å². The van der Waals surface area contributed by atoms with E-state index in [0.29, 0.717) is 11.3 Å². The molecule has 0 fully saturated rings. The van der Waals surface area contributed by atoms with Crippen LogP contribution < -0.4 is 5.32 Å². The molecule has 0 saturated carbocycles. The number of carbonyl (C=O) groups is 2. The molecule has 0 aliphatic heterocycles. The molecule has 5 nitrogen and oxygen atoms in total. The third kappa shape index (κ3) is 2.95. The van der Waals surface area contributed by atoms with E-state index in [4.69, 9.17) is 5.11 Å². The SMILES string of the molecule is Cc1ccc(C(=O)O)cc1NC(=O)c1ccc(O)cc1. The average molecular weight is 271 g/mol. The van der Waals surface area contributed by atoms with Crippen LogP contribution in [0.15, 0.2) is 42.5 Å². The maximum atomic E-state index is 12.0. The summed E-state index contributed by atoms with van der Waals surface area (Å²) >= 11 is 0. The molecular weight excluding hydrogens is 258 g/mol. The summed E-state index contributed by atoms with van der Waals surface area (Å²) < 4.78 is 0. The molecule has 0 aliphatic rings. The van der Waals surface area contributed by atoms with Crippen LogP contribution >= 0.6 is 0 Å². The first-order chi connectivity index (χ1) is 9.47. The second kappa shape index (κ2) is 5.44. The fraction of sp³-hybridized carbons (Fsp3) is 0.0667. The molecule has 20 heavy (non-hydrogen) atoms. The minimum Gasteiger partial charge on any atom is -0.508 e. The lowest BCUT2D eigenvalue weighted by Gasteiger charge is -2.09. The molecule has 5 heteroatoms. The third-order valence-corrected chi connectivity index (χ3v) is 2.86. The second-order valence-corrected chi connectivity index (χ2v) is 4.34. The molecule has 0 aliphatic carbocycles. The minimum atomic E-state index is -1.05. The molecule has 0 radical (unpaired) electrons. The van der Waals surface area contributed by atoms with Gasteiger partial charge in [-0.25, -0.2) is 4.79 Å². The van der Waals surface area contributed by atoms with Crippen molar-refractivity contribution in [2.75, 3.05) is 5.32 Å². The van der Waals surface area contributed by atoms with Crippen molar-refractivity contribution in [1.29, 1.82) is 0 Å². The van der Waals surface area contributed by atoms with Crippen LogP contribution in [-0.2, 0) is 0 Å². The maximum absolute atomic E-state index is 12.0. The molecule has 0 heterocycles. The molecule has 0 bridgehead atoms. The molecule has 2 aromatic carbocycles. The highest BCUT2D eigenvalue weighted by Gasteiger charge is 2.10. The zero-order valence-electron chi connectivity index (χ0n) is 10.8. The number of rotatable bonds is 3. The lowest BCUT2D eigenvalue weighted by atomic mass is 10.1. The summed E-state index contributed by atoms with van der Waals surface area (Å²) in [7, 11) is 0. The Morgan fingerprint density at radius 1 is 1.00 bits per heavy atom. The Kier molecular flexibility index (Phi) is 3.70. The van der Waals surface area contributed by atoms with Crippen LogP contribution in [0, 0.1) is 6.92 Å². The van der Waals surface area contributed by atoms with Crippen LogP contribution in [0.5, 0.6) is 5.75 Å². The molecule has 3 N–H and O–H groups in total. The number of aryl methyl sites for hydroxylation is 1. The van der Waals surface area contributed by atoms with Crippen molar-refractivity contribution in [3.63, 3.8) is 0 Å². The molecule has 0 spiro atoms. The lowest BCUT2D eigenvalue weighted by Crippen LogP contribution is -2.13. The van der Waals surface area contributed by atoms with Gasteiger partial charge in [0, 0.05) is 11.3 Å². The molecule has 2 rings (SSSR count). The number of aromatic carboxylic acids is 1. The van der Waals surface area contributed by atoms with E-state index < -0.39 is 5.97 Å². The number of anilines is 1. The Morgan fingerprint density at radius 2 is 1.60 bits per heavy atom. The van der Waals surface area contributed by atoms with Gasteiger partial charge in [0.1, 0.15) is 5.75 Å². The predicted octanol–water partition coefficient (Wildman–Crippen LogP) is 2.65. The number of aromatic hydroxyl groups is 1. The van der Waals surface area contributed by atoms with Gasteiger partial charge in [-0.2, -0.15) is 0 Å². The smallest absolute Gasteiger partial charge is 0.335 e. The number of phenols is 1. The minimum absolute atomic E-state index is 0.0746. The number of benzene rings is 2. The molecule has 2 aromatic rings. The quantitative estimate of drug-likeness (QED) is 0.801. The van der Waals surface area contributed by atoms with Crippen molar-refractivity contribution in [2.24, 2.45) is 0 Å². The Hall–Kier alpha value is -2.82.